The van der Waals surface area contributed by atoms with Crippen LogP contribution in [0.25, 0.3) is 0 Å². The monoisotopic (exact) mass is 367 g/mol. The molecule has 1 aromatic carbocycles. The number of hydrogen-bond acceptors (Lipinski definition) is 5. The number of carbonyl (C=O) groups excluding carboxylic acids is 1. The van der Waals surface area contributed by atoms with Crippen molar-refractivity contribution in [3.63, 3.8) is 0 Å². The molecule has 3 heterocycles. The van der Waals surface area contributed by atoms with Gasteiger partial charge in [0.1, 0.15) is 6.54 Å². The van der Waals surface area contributed by atoms with Crippen LogP contribution in [0.1, 0.15) is 28.8 Å². The van der Waals surface area contributed by atoms with Gasteiger partial charge in [-0.3, -0.25) is 4.79 Å². The molecule has 1 fully saturated rings. The predicted molar refractivity (Wildman–Crippen MR) is 101 cm³/mol. The summed E-state index contributed by atoms with van der Waals surface area (Å²) in [5.74, 6) is 0.106. The first-order valence-electron chi connectivity index (χ1n) is 8.90. The van der Waals surface area contributed by atoms with Crippen LogP contribution in [-0.2, 0) is 10.3 Å². The van der Waals surface area contributed by atoms with Gasteiger partial charge in [-0.05, 0) is 30.4 Å². The lowest BCUT2D eigenvalue weighted by Gasteiger charge is -2.41. The normalized spacial score (nSPS) is 18.9. The van der Waals surface area contributed by atoms with E-state index in [0.29, 0.717) is 32.8 Å². The zero-order valence-corrected chi connectivity index (χ0v) is 15.4. The maximum absolute atomic E-state index is 12.6. The van der Waals surface area contributed by atoms with Crippen LogP contribution in [0.2, 0.25) is 0 Å². The summed E-state index contributed by atoms with van der Waals surface area (Å²) in [6.45, 7) is 3.03. The Morgan fingerprint density at radius 1 is 1.23 bits per heavy atom. The summed E-state index contributed by atoms with van der Waals surface area (Å²) < 4.78 is 6.37. The number of likely N-dealkylation sites (tertiary alicyclic amines) is 1. The standard InChI is InChI=1S/C20H21N3O2S/c21-8-11-22-12-13-25-20(17-3-1-2-4-18(17)22)6-9-23(10-7-20)19(24)16-5-14-26-15-16/h1-5,14-15H,6-7,9-13H2. The zero-order valence-electron chi connectivity index (χ0n) is 14.6. The lowest BCUT2D eigenvalue weighted by Crippen LogP contribution is -2.46. The Balaban J connectivity index is 1.58. The van der Waals surface area contributed by atoms with E-state index in [2.05, 4.69) is 23.1 Å². The van der Waals surface area contributed by atoms with Crippen LogP contribution < -0.4 is 4.90 Å². The molecule has 0 N–H and O–H groups in total. The topological polar surface area (TPSA) is 56.6 Å². The summed E-state index contributed by atoms with van der Waals surface area (Å²) in [7, 11) is 0. The van der Waals surface area contributed by atoms with Crippen molar-refractivity contribution in [2.75, 3.05) is 37.7 Å². The van der Waals surface area contributed by atoms with Crippen molar-refractivity contribution in [2.24, 2.45) is 0 Å². The highest BCUT2D eigenvalue weighted by atomic mass is 32.1. The van der Waals surface area contributed by atoms with Crippen molar-refractivity contribution in [1.29, 1.82) is 5.26 Å². The molecule has 2 aromatic rings. The zero-order chi connectivity index (χ0) is 18.0. The Labute approximate surface area is 157 Å². The number of rotatable bonds is 2. The van der Waals surface area contributed by atoms with Gasteiger partial charge in [0.15, 0.2) is 0 Å². The number of benzene rings is 1. The molecule has 2 aliphatic heterocycles. The minimum Gasteiger partial charge on any atom is -0.368 e. The molecule has 134 valence electrons. The minimum atomic E-state index is -0.369. The Hall–Kier alpha value is -2.36. The highest BCUT2D eigenvalue weighted by Gasteiger charge is 2.42. The van der Waals surface area contributed by atoms with Gasteiger partial charge in [-0.25, -0.2) is 0 Å². The molecule has 6 heteroatoms. The molecule has 0 radical (unpaired) electrons. The van der Waals surface area contributed by atoms with Crippen molar-refractivity contribution < 1.29 is 9.53 Å². The van der Waals surface area contributed by atoms with Crippen molar-refractivity contribution >= 4 is 22.9 Å². The molecule has 0 saturated carbocycles. The Bertz CT molecular complexity index is 820. The van der Waals surface area contributed by atoms with Crippen LogP contribution in [0.15, 0.2) is 41.1 Å². The fourth-order valence-electron chi connectivity index (χ4n) is 3.99. The molecule has 1 saturated heterocycles. The van der Waals surface area contributed by atoms with Crippen LogP contribution in [-0.4, -0.2) is 43.6 Å². The van der Waals surface area contributed by atoms with Gasteiger partial charge < -0.3 is 14.5 Å². The molecule has 0 aliphatic carbocycles. The summed E-state index contributed by atoms with van der Waals surface area (Å²) in [5.41, 5.74) is 2.64. The number of carbonyl (C=O) groups is 1. The van der Waals surface area contributed by atoms with Gasteiger partial charge in [0.25, 0.3) is 5.91 Å². The predicted octanol–water partition coefficient (Wildman–Crippen LogP) is 3.24. The van der Waals surface area contributed by atoms with E-state index < -0.39 is 0 Å². The van der Waals surface area contributed by atoms with E-state index in [-0.39, 0.29) is 11.5 Å². The Morgan fingerprint density at radius 3 is 2.77 bits per heavy atom. The first-order chi connectivity index (χ1) is 12.7. The SMILES string of the molecule is N#CCN1CCOC2(CCN(C(=O)c3ccsc3)CC2)c2ccccc21. The van der Waals surface area contributed by atoms with Gasteiger partial charge in [-0.15, -0.1) is 0 Å². The molecule has 26 heavy (non-hydrogen) atoms. The number of amides is 1. The van der Waals surface area contributed by atoms with Gasteiger partial charge in [0.05, 0.1) is 23.8 Å². The fourth-order valence-corrected chi connectivity index (χ4v) is 4.62. The second-order valence-electron chi connectivity index (χ2n) is 6.74. The first kappa shape index (κ1) is 17.1. The van der Waals surface area contributed by atoms with Crippen LogP contribution in [0.5, 0.6) is 0 Å². The molecule has 1 aromatic heterocycles. The van der Waals surface area contributed by atoms with Crippen molar-refractivity contribution in [2.45, 2.75) is 18.4 Å². The summed E-state index contributed by atoms with van der Waals surface area (Å²) in [5, 5.41) is 13.0. The van der Waals surface area contributed by atoms with Gasteiger partial charge in [-0.1, -0.05) is 18.2 Å². The lowest BCUT2D eigenvalue weighted by atomic mass is 9.83. The molecule has 4 rings (SSSR count). The van der Waals surface area contributed by atoms with Gasteiger partial charge in [-0.2, -0.15) is 16.6 Å². The number of hydrogen-bond donors (Lipinski definition) is 0. The van der Waals surface area contributed by atoms with Crippen LogP contribution in [0, 0.1) is 11.3 Å². The molecular weight excluding hydrogens is 346 g/mol. The summed E-state index contributed by atoms with van der Waals surface area (Å²) >= 11 is 1.55. The number of piperidine rings is 1. The molecule has 0 bridgehead atoms. The minimum absolute atomic E-state index is 0.106. The van der Waals surface area contributed by atoms with Crippen LogP contribution in [0.3, 0.4) is 0 Å². The number of anilines is 1. The van der Waals surface area contributed by atoms with Crippen molar-refractivity contribution in [1.82, 2.24) is 4.90 Å². The van der Waals surface area contributed by atoms with Gasteiger partial charge >= 0.3 is 0 Å². The maximum atomic E-state index is 12.6. The smallest absolute Gasteiger partial charge is 0.254 e. The number of nitriles is 1. The van der Waals surface area contributed by atoms with Gasteiger partial charge in [0.2, 0.25) is 0 Å². The van der Waals surface area contributed by atoms with Crippen molar-refractivity contribution in [3.05, 3.63) is 52.2 Å². The molecule has 1 amide bonds. The highest BCUT2D eigenvalue weighted by Crippen LogP contribution is 2.43. The number of thiophene rings is 1. The van der Waals surface area contributed by atoms with Crippen LogP contribution in [0.4, 0.5) is 5.69 Å². The van der Waals surface area contributed by atoms with E-state index in [0.717, 1.165) is 29.7 Å². The quantitative estimate of drug-likeness (QED) is 0.765. The molecular formula is C20H21N3O2S. The summed E-state index contributed by atoms with van der Waals surface area (Å²) in [4.78, 5) is 16.6. The molecule has 5 nitrogen and oxygen atoms in total. The fraction of sp³-hybridized carbons (Fsp3) is 0.400. The van der Waals surface area contributed by atoms with E-state index in [1.165, 1.54) is 0 Å². The van der Waals surface area contributed by atoms with E-state index >= 15 is 0 Å². The van der Waals surface area contributed by atoms with E-state index in [4.69, 9.17) is 10.00 Å². The molecule has 0 atom stereocenters. The van der Waals surface area contributed by atoms with Crippen molar-refractivity contribution in [3.8, 4) is 6.07 Å². The third-order valence-electron chi connectivity index (χ3n) is 5.36. The third kappa shape index (κ3) is 2.98. The number of para-hydroxylation sites is 1. The third-order valence-corrected chi connectivity index (χ3v) is 6.05. The van der Waals surface area contributed by atoms with E-state index in [1.54, 1.807) is 11.3 Å². The number of fused-ring (bicyclic) bond motifs is 2. The van der Waals surface area contributed by atoms with Gasteiger partial charge in [0, 0.05) is 36.3 Å². The second kappa shape index (κ2) is 7.10. The molecule has 2 aliphatic rings. The second-order valence-corrected chi connectivity index (χ2v) is 7.52. The maximum Gasteiger partial charge on any atom is 0.254 e. The number of nitrogens with zero attached hydrogens (tertiary/aromatic N) is 3. The summed E-state index contributed by atoms with van der Waals surface area (Å²) in [6.07, 6.45) is 1.56. The highest BCUT2D eigenvalue weighted by molar-refractivity contribution is 7.08. The average Bonchev–Trinajstić information content (AvgIpc) is 3.18. The Kier molecular flexibility index (Phi) is 4.66. The molecule has 1 spiro atoms. The number of ether oxygens (including phenoxy) is 1. The first-order valence-corrected chi connectivity index (χ1v) is 9.85. The Morgan fingerprint density at radius 2 is 2.04 bits per heavy atom. The largest absolute Gasteiger partial charge is 0.368 e. The average molecular weight is 367 g/mol. The van der Waals surface area contributed by atoms with Crippen LogP contribution >= 0.6 is 11.3 Å². The summed E-state index contributed by atoms with van der Waals surface area (Å²) in [6, 6.07) is 12.4. The van der Waals surface area contributed by atoms with E-state index in [1.807, 2.05) is 33.9 Å². The molecule has 0 unspecified atom stereocenters. The van der Waals surface area contributed by atoms with E-state index in [9.17, 15) is 4.79 Å². The lowest BCUT2D eigenvalue weighted by molar-refractivity contribution is -0.0791.